The minimum atomic E-state index is -0.335. The summed E-state index contributed by atoms with van der Waals surface area (Å²) in [7, 11) is 0. The van der Waals surface area contributed by atoms with E-state index in [1.165, 1.54) is 6.08 Å². The summed E-state index contributed by atoms with van der Waals surface area (Å²) in [5.41, 5.74) is 0.702. The molecule has 1 amide bonds. The zero-order valence-electron chi connectivity index (χ0n) is 10.7. The molecule has 0 saturated heterocycles. The number of hydrogen-bond acceptors (Lipinski definition) is 2. The van der Waals surface area contributed by atoms with Crippen molar-refractivity contribution in [2.75, 3.05) is 6.54 Å². The van der Waals surface area contributed by atoms with Gasteiger partial charge in [-0.05, 0) is 49.6 Å². The molecule has 0 saturated carbocycles. The summed E-state index contributed by atoms with van der Waals surface area (Å²) in [5, 5.41) is 12.9. The summed E-state index contributed by atoms with van der Waals surface area (Å²) in [6.07, 6.45) is 4.12. The zero-order valence-corrected chi connectivity index (χ0v) is 12.2. The quantitative estimate of drug-likeness (QED) is 0.626. The number of carbonyl (C=O) groups excluding carboxylic acids is 1. The number of benzene rings is 1. The molecule has 0 bridgehead atoms. The Hall–Kier alpha value is -1.03. The number of halogens is 2. The number of hydrogen-bond donors (Lipinski definition) is 2. The van der Waals surface area contributed by atoms with E-state index >= 15 is 0 Å². The SMILES string of the molecule is CC(O)CCCNC(=O)/C=C/c1cc(Cl)ccc1Cl. The van der Waals surface area contributed by atoms with Crippen LogP contribution in [0.1, 0.15) is 25.3 Å². The van der Waals surface area contributed by atoms with Crippen LogP contribution in [0.4, 0.5) is 0 Å². The molecular weight excluding hydrogens is 285 g/mol. The lowest BCUT2D eigenvalue weighted by Crippen LogP contribution is -2.22. The van der Waals surface area contributed by atoms with Crippen LogP contribution in [0.5, 0.6) is 0 Å². The maximum atomic E-state index is 11.5. The second-order valence-electron chi connectivity index (χ2n) is 4.28. The molecule has 1 rings (SSSR count). The van der Waals surface area contributed by atoms with E-state index in [1.807, 2.05) is 0 Å². The van der Waals surface area contributed by atoms with Gasteiger partial charge in [-0.25, -0.2) is 0 Å². The predicted octanol–water partition coefficient (Wildman–Crippen LogP) is 3.28. The van der Waals surface area contributed by atoms with E-state index in [1.54, 1.807) is 31.2 Å². The largest absolute Gasteiger partial charge is 0.393 e. The molecule has 5 heteroatoms. The summed E-state index contributed by atoms with van der Waals surface area (Å²) >= 11 is 11.8. The Labute approximate surface area is 123 Å². The van der Waals surface area contributed by atoms with E-state index in [4.69, 9.17) is 28.3 Å². The topological polar surface area (TPSA) is 49.3 Å². The van der Waals surface area contributed by atoms with Crippen LogP contribution in [0.3, 0.4) is 0 Å². The number of carbonyl (C=O) groups is 1. The Morgan fingerprint density at radius 2 is 2.21 bits per heavy atom. The number of amides is 1. The van der Waals surface area contributed by atoms with Gasteiger partial charge in [-0.15, -0.1) is 0 Å². The van der Waals surface area contributed by atoms with E-state index in [9.17, 15) is 4.79 Å². The Bertz CT molecular complexity index is 459. The van der Waals surface area contributed by atoms with Crippen molar-refractivity contribution >= 4 is 35.2 Å². The van der Waals surface area contributed by atoms with Gasteiger partial charge in [-0.2, -0.15) is 0 Å². The van der Waals surface area contributed by atoms with Gasteiger partial charge < -0.3 is 10.4 Å². The van der Waals surface area contributed by atoms with Crippen LogP contribution >= 0.6 is 23.2 Å². The third-order valence-electron chi connectivity index (χ3n) is 2.47. The summed E-state index contributed by atoms with van der Waals surface area (Å²) in [6.45, 7) is 2.26. The number of aliphatic hydroxyl groups is 1. The first kappa shape index (κ1) is 16.0. The Morgan fingerprint density at radius 1 is 1.47 bits per heavy atom. The smallest absolute Gasteiger partial charge is 0.243 e. The molecule has 0 heterocycles. The van der Waals surface area contributed by atoms with Crippen LogP contribution in [0, 0.1) is 0 Å². The predicted molar refractivity (Wildman–Crippen MR) is 79.4 cm³/mol. The van der Waals surface area contributed by atoms with Crippen LogP contribution in [0.15, 0.2) is 24.3 Å². The van der Waals surface area contributed by atoms with Gasteiger partial charge in [0.05, 0.1) is 6.10 Å². The summed E-state index contributed by atoms with van der Waals surface area (Å²) in [5.74, 6) is -0.193. The van der Waals surface area contributed by atoms with Crippen molar-refractivity contribution in [1.82, 2.24) is 5.32 Å². The van der Waals surface area contributed by atoms with Crippen molar-refractivity contribution in [3.8, 4) is 0 Å². The molecular formula is C14H17Cl2NO2. The van der Waals surface area contributed by atoms with Gasteiger partial charge in [0.1, 0.15) is 0 Å². The number of nitrogens with one attached hydrogen (secondary N) is 1. The highest BCUT2D eigenvalue weighted by Crippen LogP contribution is 2.21. The van der Waals surface area contributed by atoms with Crippen LogP contribution in [0.2, 0.25) is 10.0 Å². The molecule has 0 spiro atoms. The second-order valence-corrected chi connectivity index (χ2v) is 5.13. The first-order valence-corrected chi connectivity index (χ1v) is 6.83. The van der Waals surface area contributed by atoms with Crippen molar-refractivity contribution in [3.63, 3.8) is 0 Å². The highest BCUT2D eigenvalue weighted by molar-refractivity contribution is 6.34. The van der Waals surface area contributed by atoms with Crippen LogP contribution < -0.4 is 5.32 Å². The summed E-state index contributed by atoms with van der Waals surface area (Å²) in [4.78, 5) is 11.5. The molecule has 2 N–H and O–H groups in total. The normalized spacial score (nSPS) is 12.6. The molecule has 1 unspecified atom stereocenters. The molecule has 0 aliphatic heterocycles. The third kappa shape index (κ3) is 6.62. The molecule has 0 aliphatic rings. The average Bonchev–Trinajstić information content (AvgIpc) is 2.35. The first-order chi connectivity index (χ1) is 8.99. The zero-order chi connectivity index (χ0) is 14.3. The fourth-order valence-corrected chi connectivity index (χ4v) is 1.84. The highest BCUT2D eigenvalue weighted by atomic mass is 35.5. The van der Waals surface area contributed by atoms with Gasteiger partial charge in [-0.3, -0.25) is 4.79 Å². The minimum absolute atomic E-state index is 0.193. The van der Waals surface area contributed by atoms with Crippen molar-refractivity contribution < 1.29 is 9.90 Å². The molecule has 3 nitrogen and oxygen atoms in total. The van der Waals surface area contributed by atoms with Crippen LogP contribution in [-0.2, 0) is 4.79 Å². The number of rotatable bonds is 6. The van der Waals surface area contributed by atoms with Gasteiger partial charge >= 0.3 is 0 Å². The van der Waals surface area contributed by atoms with E-state index in [0.29, 0.717) is 28.6 Å². The van der Waals surface area contributed by atoms with Crippen molar-refractivity contribution in [2.24, 2.45) is 0 Å². The van der Waals surface area contributed by atoms with Crippen LogP contribution in [0.25, 0.3) is 6.08 Å². The summed E-state index contributed by atoms with van der Waals surface area (Å²) in [6, 6.07) is 5.07. The van der Waals surface area contributed by atoms with Gasteiger partial charge in [-0.1, -0.05) is 23.2 Å². The fraction of sp³-hybridized carbons (Fsp3) is 0.357. The molecule has 104 valence electrons. The Morgan fingerprint density at radius 3 is 2.89 bits per heavy atom. The molecule has 1 aromatic carbocycles. The molecule has 0 aromatic heterocycles. The summed E-state index contributed by atoms with van der Waals surface area (Å²) < 4.78 is 0. The Balaban J connectivity index is 2.43. The van der Waals surface area contributed by atoms with Gasteiger partial charge in [0.2, 0.25) is 5.91 Å². The van der Waals surface area contributed by atoms with Crippen LogP contribution in [-0.4, -0.2) is 23.7 Å². The van der Waals surface area contributed by atoms with Gasteiger partial charge in [0, 0.05) is 22.7 Å². The first-order valence-electron chi connectivity index (χ1n) is 6.08. The van der Waals surface area contributed by atoms with E-state index in [0.717, 1.165) is 6.42 Å². The molecule has 0 aliphatic carbocycles. The minimum Gasteiger partial charge on any atom is -0.393 e. The van der Waals surface area contributed by atoms with Crippen molar-refractivity contribution in [2.45, 2.75) is 25.9 Å². The lowest BCUT2D eigenvalue weighted by molar-refractivity contribution is -0.116. The molecule has 0 fully saturated rings. The van der Waals surface area contributed by atoms with E-state index in [-0.39, 0.29) is 12.0 Å². The van der Waals surface area contributed by atoms with E-state index in [2.05, 4.69) is 5.32 Å². The molecule has 1 atom stereocenters. The highest BCUT2D eigenvalue weighted by Gasteiger charge is 2.00. The van der Waals surface area contributed by atoms with E-state index < -0.39 is 0 Å². The lowest BCUT2D eigenvalue weighted by atomic mass is 10.2. The monoisotopic (exact) mass is 301 g/mol. The maximum absolute atomic E-state index is 11.5. The lowest BCUT2D eigenvalue weighted by Gasteiger charge is -2.04. The third-order valence-corrected chi connectivity index (χ3v) is 3.05. The number of aliphatic hydroxyl groups excluding tert-OH is 1. The molecule has 1 aromatic rings. The van der Waals surface area contributed by atoms with Crippen molar-refractivity contribution in [3.05, 3.63) is 39.9 Å². The second kappa shape index (κ2) is 8.20. The van der Waals surface area contributed by atoms with Gasteiger partial charge in [0.15, 0.2) is 0 Å². The Kier molecular flexibility index (Phi) is 6.92. The average molecular weight is 302 g/mol. The van der Waals surface area contributed by atoms with Crippen molar-refractivity contribution in [1.29, 1.82) is 0 Å². The molecule has 0 radical (unpaired) electrons. The maximum Gasteiger partial charge on any atom is 0.243 e. The molecule has 19 heavy (non-hydrogen) atoms. The standard InChI is InChI=1S/C14H17Cl2NO2/c1-10(18)3-2-8-17-14(19)7-4-11-9-12(15)5-6-13(11)16/h4-7,9-10,18H,2-3,8H2,1H3,(H,17,19)/b7-4+. The fourth-order valence-electron chi connectivity index (χ4n) is 1.48. The van der Waals surface area contributed by atoms with Gasteiger partial charge in [0.25, 0.3) is 0 Å².